The number of benzene rings is 4. The van der Waals surface area contributed by atoms with E-state index in [9.17, 15) is 14.4 Å². The summed E-state index contributed by atoms with van der Waals surface area (Å²) >= 11 is 1.42. The zero-order valence-corrected chi connectivity index (χ0v) is 24.1. The van der Waals surface area contributed by atoms with E-state index >= 15 is 0 Å². The van der Waals surface area contributed by atoms with Crippen LogP contribution in [-0.4, -0.2) is 23.0 Å². The number of carbonyl (C=O) groups is 3. The van der Waals surface area contributed by atoms with Crippen LogP contribution < -0.4 is 16.0 Å². The largest absolute Gasteiger partial charge is 0.325 e. The van der Waals surface area contributed by atoms with Crippen molar-refractivity contribution in [2.45, 2.75) is 36.8 Å². The van der Waals surface area contributed by atoms with Crippen LogP contribution in [0.25, 0.3) is 6.08 Å². The number of thioether (sulfide) groups is 1. The lowest BCUT2D eigenvalue weighted by molar-refractivity contribution is -0.115. The molecule has 3 N–H and O–H groups in total. The number of hydrogen-bond donors (Lipinski definition) is 3. The molecule has 0 bridgehead atoms. The van der Waals surface area contributed by atoms with Crippen molar-refractivity contribution in [3.63, 3.8) is 0 Å². The van der Waals surface area contributed by atoms with E-state index in [0.29, 0.717) is 17.2 Å². The van der Waals surface area contributed by atoms with Gasteiger partial charge in [0.05, 0.1) is 5.25 Å². The van der Waals surface area contributed by atoms with Crippen molar-refractivity contribution in [3.05, 3.63) is 132 Å². The van der Waals surface area contributed by atoms with Crippen molar-refractivity contribution in [3.8, 4) is 0 Å². The van der Waals surface area contributed by atoms with Gasteiger partial charge in [-0.2, -0.15) is 0 Å². The average Bonchev–Trinajstić information content (AvgIpc) is 2.99. The van der Waals surface area contributed by atoms with Crippen LogP contribution in [0.1, 0.15) is 48.2 Å². The lowest BCUT2D eigenvalue weighted by Crippen LogP contribution is -2.30. The summed E-state index contributed by atoms with van der Waals surface area (Å²) < 4.78 is 0. The SMILES string of the molecule is CC(Sc1ccc(NC(=O)/C(=C/c2ccc(C(C)C)cc2)NC(=O)c2ccccc2)cc1)C(=O)Nc1ccccc1. The average molecular weight is 564 g/mol. The van der Waals surface area contributed by atoms with Gasteiger partial charge in [-0.1, -0.05) is 74.5 Å². The molecule has 1 atom stereocenters. The van der Waals surface area contributed by atoms with E-state index in [4.69, 9.17) is 0 Å². The molecule has 3 amide bonds. The van der Waals surface area contributed by atoms with Gasteiger partial charge in [-0.15, -0.1) is 11.8 Å². The van der Waals surface area contributed by atoms with Gasteiger partial charge in [-0.05, 0) is 78.6 Å². The molecule has 0 aliphatic rings. The Labute approximate surface area is 245 Å². The Hall–Kier alpha value is -4.62. The highest BCUT2D eigenvalue weighted by atomic mass is 32.2. The molecule has 7 heteroatoms. The lowest BCUT2D eigenvalue weighted by atomic mass is 10.0. The summed E-state index contributed by atoms with van der Waals surface area (Å²) in [6, 6.07) is 33.2. The van der Waals surface area contributed by atoms with Crippen molar-refractivity contribution < 1.29 is 14.4 Å². The zero-order chi connectivity index (χ0) is 29.2. The molecule has 0 saturated heterocycles. The molecule has 41 heavy (non-hydrogen) atoms. The van der Waals surface area contributed by atoms with Crippen LogP contribution in [0.15, 0.2) is 120 Å². The van der Waals surface area contributed by atoms with E-state index in [1.165, 1.54) is 17.3 Å². The van der Waals surface area contributed by atoms with Crippen LogP contribution >= 0.6 is 11.8 Å². The third-order valence-electron chi connectivity index (χ3n) is 6.28. The zero-order valence-electron chi connectivity index (χ0n) is 23.3. The minimum Gasteiger partial charge on any atom is -0.325 e. The third-order valence-corrected chi connectivity index (χ3v) is 7.39. The van der Waals surface area contributed by atoms with Crippen molar-refractivity contribution in [2.24, 2.45) is 0 Å². The molecular formula is C34H33N3O3S. The van der Waals surface area contributed by atoms with E-state index < -0.39 is 5.91 Å². The Balaban J connectivity index is 1.45. The second kappa shape index (κ2) is 14.1. The lowest BCUT2D eigenvalue weighted by Gasteiger charge is -2.14. The van der Waals surface area contributed by atoms with Gasteiger partial charge in [-0.25, -0.2) is 0 Å². The summed E-state index contributed by atoms with van der Waals surface area (Å²) in [7, 11) is 0. The maximum absolute atomic E-state index is 13.3. The molecule has 0 aliphatic heterocycles. The van der Waals surface area contributed by atoms with Crippen LogP contribution in [0.5, 0.6) is 0 Å². The number of rotatable bonds is 10. The summed E-state index contributed by atoms with van der Waals surface area (Å²) in [4.78, 5) is 39.7. The van der Waals surface area contributed by atoms with Gasteiger partial charge in [-0.3, -0.25) is 14.4 Å². The molecule has 208 valence electrons. The van der Waals surface area contributed by atoms with E-state index in [1.54, 1.807) is 42.5 Å². The predicted octanol–water partition coefficient (Wildman–Crippen LogP) is 7.34. The molecule has 0 saturated carbocycles. The first-order chi connectivity index (χ1) is 19.8. The van der Waals surface area contributed by atoms with Gasteiger partial charge in [0.15, 0.2) is 0 Å². The minimum absolute atomic E-state index is 0.0936. The number of amides is 3. The molecule has 4 aromatic carbocycles. The molecular weight excluding hydrogens is 530 g/mol. The minimum atomic E-state index is -0.446. The van der Waals surface area contributed by atoms with Gasteiger partial charge in [0.25, 0.3) is 11.8 Å². The Bertz CT molecular complexity index is 1500. The Morgan fingerprint density at radius 2 is 1.27 bits per heavy atom. The fraction of sp³-hybridized carbons (Fsp3) is 0.147. The molecule has 0 radical (unpaired) electrons. The maximum atomic E-state index is 13.3. The van der Waals surface area contributed by atoms with E-state index in [0.717, 1.165) is 16.1 Å². The first kappa shape index (κ1) is 29.4. The quantitative estimate of drug-likeness (QED) is 0.139. The topological polar surface area (TPSA) is 87.3 Å². The molecule has 4 aromatic rings. The Kier molecular flexibility index (Phi) is 10.1. The van der Waals surface area contributed by atoms with Gasteiger partial charge in [0.2, 0.25) is 5.91 Å². The first-order valence-electron chi connectivity index (χ1n) is 13.4. The molecule has 0 aliphatic carbocycles. The van der Waals surface area contributed by atoms with Crippen molar-refractivity contribution >= 4 is 46.9 Å². The molecule has 0 spiro atoms. The van der Waals surface area contributed by atoms with Crippen LogP contribution in [0, 0.1) is 0 Å². The number of para-hydroxylation sites is 1. The molecule has 0 heterocycles. The van der Waals surface area contributed by atoms with Crippen LogP contribution in [0.4, 0.5) is 11.4 Å². The fourth-order valence-corrected chi connectivity index (χ4v) is 4.79. The Morgan fingerprint density at radius 3 is 1.88 bits per heavy atom. The standard InChI is InChI=1S/C34H33N3O3S/c1-23(2)26-16-14-25(15-17-26)22-31(37-33(39)27-10-6-4-7-11-27)34(40)36-29-18-20-30(21-19-29)41-24(3)32(38)35-28-12-8-5-9-13-28/h4-24H,1-3H3,(H,35,38)(H,36,40)(H,37,39)/b31-22-. The smallest absolute Gasteiger partial charge is 0.272 e. The summed E-state index contributed by atoms with van der Waals surface area (Å²) in [6.07, 6.45) is 1.66. The van der Waals surface area contributed by atoms with Gasteiger partial charge < -0.3 is 16.0 Å². The van der Waals surface area contributed by atoms with E-state index in [-0.39, 0.29) is 22.8 Å². The van der Waals surface area contributed by atoms with Crippen LogP contribution in [0.3, 0.4) is 0 Å². The van der Waals surface area contributed by atoms with E-state index in [2.05, 4.69) is 29.8 Å². The van der Waals surface area contributed by atoms with E-state index in [1.807, 2.05) is 79.7 Å². The monoisotopic (exact) mass is 563 g/mol. The first-order valence-corrected chi connectivity index (χ1v) is 14.3. The predicted molar refractivity (Wildman–Crippen MR) is 168 cm³/mol. The maximum Gasteiger partial charge on any atom is 0.272 e. The Morgan fingerprint density at radius 1 is 0.683 bits per heavy atom. The highest BCUT2D eigenvalue weighted by Crippen LogP contribution is 2.26. The number of anilines is 2. The highest BCUT2D eigenvalue weighted by molar-refractivity contribution is 8.00. The van der Waals surface area contributed by atoms with Crippen LogP contribution in [0.2, 0.25) is 0 Å². The molecule has 1 unspecified atom stereocenters. The molecule has 0 aromatic heterocycles. The van der Waals surface area contributed by atoms with Crippen LogP contribution in [-0.2, 0) is 9.59 Å². The molecule has 4 rings (SSSR count). The highest BCUT2D eigenvalue weighted by Gasteiger charge is 2.17. The summed E-state index contributed by atoms with van der Waals surface area (Å²) in [6.45, 7) is 6.08. The summed E-state index contributed by atoms with van der Waals surface area (Å²) in [5.41, 5.74) is 3.88. The second-order valence-electron chi connectivity index (χ2n) is 9.79. The van der Waals surface area contributed by atoms with Gasteiger partial charge in [0.1, 0.15) is 5.70 Å². The third kappa shape index (κ3) is 8.68. The molecule has 0 fully saturated rings. The normalized spacial score (nSPS) is 12.0. The van der Waals surface area contributed by atoms with Gasteiger partial charge >= 0.3 is 0 Å². The summed E-state index contributed by atoms with van der Waals surface area (Å²) in [5.74, 6) is -0.529. The number of carbonyl (C=O) groups excluding carboxylic acids is 3. The fourth-order valence-electron chi connectivity index (χ4n) is 3.92. The van der Waals surface area contributed by atoms with Gasteiger partial charge in [0, 0.05) is 21.8 Å². The van der Waals surface area contributed by atoms with Crippen molar-refractivity contribution in [1.29, 1.82) is 0 Å². The number of hydrogen-bond acceptors (Lipinski definition) is 4. The number of nitrogens with one attached hydrogen (secondary N) is 3. The van der Waals surface area contributed by atoms with Crippen molar-refractivity contribution in [2.75, 3.05) is 10.6 Å². The van der Waals surface area contributed by atoms with Crippen molar-refractivity contribution in [1.82, 2.24) is 5.32 Å². The summed E-state index contributed by atoms with van der Waals surface area (Å²) in [5, 5.41) is 8.24. The second-order valence-corrected chi connectivity index (χ2v) is 11.2. The molecule has 6 nitrogen and oxygen atoms in total.